The molecule has 0 saturated heterocycles. The van der Waals surface area contributed by atoms with Gasteiger partial charge in [0, 0.05) is 11.8 Å². The van der Waals surface area contributed by atoms with E-state index in [0.29, 0.717) is 5.56 Å². The number of halogens is 2. The minimum absolute atomic E-state index is 0.0161. The van der Waals surface area contributed by atoms with Gasteiger partial charge in [0.15, 0.2) is 0 Å². The number of amides is 2. The molecule has 0 aliphatic heterocycles. The van der Waals surface area contributed by atoms with E-state index in [-0.39, 0.29) is 22.2 Å². The number of carbonyl (C=O) groups is 1. The first-order valence-corrected chi connectivity index (χ1v) is 7.36. The number of rotatable bonds is 4. The fourth-order valence-electron chi connectivity index (χ4n) is 2.12. The number of benzene rings is 2. The van der Waals surface area contributed by atoms with Crippen molar-refractivity contribution in [2.75, 3.05) is 5.32 Å². The zero-order valence-electron chi connectivity index (χ0n) is 13.0. The van der Waals surface area contributed by atoms with E-state index in [1.165, 1.54) is 30.3 Å². The summed E-state index contributed by atoms with van der Waals surface area (Å²) in [6, 6.07) is 9.16. The molecule has 2 N–H and O–H groups in total. The molecule has 8 heteroatoms. The first-order valence-electron chi connectivity index (χ1n) is 6.98. The van der Waals surface area contributed by atoms with Gasteiger partial charge in [-0.15, -0.1) is 0 Å². The van der Waals surface area contributed by atoms with Gasteiger partial charge >= 0.3 is 6.03 Å². The van der Waals surface area contributed by atoms with Gasteiger partial charge < -0.3 is 10.6 Å². The summed E-state index contributed by atoms with van der Waals surface area (Å²) < 4.78 is 13.0. The molecule has 0 atom stereocenters. The Kier molecular flexibility index (Phi) is 5.04. The SMILES string of the molecule is CC(C)(NC(=O)Nc1ccc(Cl)c([N+](=O)[O-])c1)c1ccc(F)cc1. The van der Waals surface area contributed by atoms with E-state index < -0.39 is 16.5 Å². The second-order valence-electron chi connectivity index (χ2n) is 5.63. The minimum atomic E-state index is -0.768. The smallest absolute Gasteiger partial charge is 0.319 e. The molecule has 0 saturated carbocycles. The molecule has 2 aromatic carbocycles. The summed E-state index contributed by atoms with van der Waals surface area (Å²) in [6.07, 6.45) is 0. The molecule has 2 rings (SSSR count). The lowest BCUT2D eigenvalue weighted by atomic mass is 9.94. The molecule has 0 aromatic heterocycles. The zero-order chi connectivity index (χ0) is 17.9. The predicted molar refractivity (Wildman–Crippen MR) is 89.7 cm³/mol. The third-order valence-electron chi connectivity index (χ3n) is 3.39. The molecule has 0 radical (unpaired) electrons. The van der Waals surface area contributed by atoms with Crippen molar-refractivity contribution in [1.82, 2.24) is 5.32 Å². The molecule has 24 heavy (non-hydrogen) atoms. The summed E-state index contributed by atoms with van der Waals surface area (Å²) in [7, 11) is 0. The molecule has 0 aliphatic rings. The van der Waals surface area contributed by atoms with Gasteiger partial charge in [0.1, 0.15) is 10.8 Å². The number of nitro benzene ring substituents is 1. The van der Waals surface area contributed by atoms with Gasteiger partial charge in [0.05, 0.1) is 10.5 Å². The Bertz CT molecular complexity index is 779. The summed E-state index contributed by atoms with van der Waals surface area (Å²) >= 11 is 5.73. The second kappa shape index (κ2) is 6.84. The molecule has 126 valence electrons. The van der Waals surface area contributed by atoms with Gasteiger partial charge in [-0.2, -0.15) is 0 Å². The Labute approximate surface area is 142 Å². The molecule has 6 nitrogen and oxygen atoms in total. The summed E-state index contributed by atoms with van der Waals surface area (Å²) in [5, 5.41) is 16.1. The van der Waals surface area contributed by atoms with Gasteiger partial charge in [-0.1, -0.05) is 23.7 Å². The second-order valence-corrected chi connectivity index (χ2v) is 6.04. The molecule has 2 aromatic rings. The molecular weight excluding hydrogens is 337 g/mol. The number of hydrogen-bond donors (Lipinski definition) is 2. The van der Waals surface area contributed by atoms with Crippen LogP contribution in [0.5, 0.6) is 0 Å². The van der Waals surface area contributed by atoms with Crippen LogP contribution in [0, 0.1) is 15.9 Å². The Morgan fingerprint density at radius 2 is 1.83 bits per heavy atom. The Hall–Kier alpha value is -2.67. The molecule has 0 unspecified atom stereocenters. The van der Waals surface area contributed by atoms with E-state index in [4.69, 9.17) is 11.6 Å². The normalized spacial score (nSPS) is 11.0. The topological polar surface area (TPSA) is 84.3 Å². The van der Waals surface area contributed by atoms with Gasteiger partial charge in [-0.05, 0) is 43.7 Å². The lowest BCUT2D eigenvalue weighted by Gasteiger charge is -2.27. The van der Waals surface area contributed by atoms with Crippen LogP contribution < -0.4 is 10.6 Å². The van der Waals surface area contributed by atoms with Gasteiger partial charge in [-0.25, -0.2) is 9.18 Å². The predicted octanol–water partition coefficient (Wildman–Crippen LogP) is 4.44. The van der Waals surface area contributed by atoms with Crippen molar-refractivity contribution < 1.29 is 14.1 Å². The van der Waals surface area contributed by atoms with E-state index in [1.807, 2.05) is 0 Å². The molecule has 0 fully saturated rings. The van der Waals surface area contributed by atoms with Gasteiger partial charge in [-0.3, -0.25) is 10.1 Å². The molecule has 0 heterocycles. The van der Waals surface area contributed by atoms with Crippen LogP contribution in [0.25, 0.3) is 0 Å². The zero-order valence-corrected chi connectivity index (χ0v) is 13.7. The summed E-state index contributed by atoms with van der Waals surface area (Å²) in [5.41, 5.74) is -0.122. The van der Waals surface area contributed by atoms with Crippen molar-refractivity contribution in [3.05, 3.63) is 69.0 Å². The van der Waals surface area contributed by atoms with Crippen LogP contribution in [0.3, 0.4) is 0 Å². The first-order chi connectivity index (χ1) is 11.2. The van der Waals surface area contributed by atoms with E-state index >= 15 is 0 Å². The molecule has 0 bridgehead atoms. The Morgan fingerprint density at radius 1 is 1.21 bits per heavy atom. The quantitative estimate of drug-likeness (QED) is 0.630. The van der Waals surface area contributed by atoms with Crippen LogP contribution in [-0.2, 0) is 5.54 Å². The van der Waals surface area contributed by atoms with E-state index in [1.54, 1.807) is 26.0 Å². The van der Waals surface area contributed by atoms with Crippen molar-refractivity contribution in [2.24, 2.45) is 0 Å². The molecule has 0 spiro atoms. The maximum absolute atomic E-state index is 13.0. The van der Waals surface area contributed by atoms with E-state index in [2.05, 4.69) is 10.6 Å². The molecule has 2 amide bonds. The first kappa shape index (κ1) is 17.7. The highest BCUT2D eigenvalue weighted by Crippen LogP contribution is 2.27. The van der Waals surface area contributed by atoms with E-state index in [9.17, 15) is 19.3 Å². The number of urea groups is 1. The largest absolute Gasteiger partial charge is 0.329 e. The van der Waals surface area contributed by atoms with Crippen LogP contribution in [0.15, 0.2) is 42.5 Å². The lowest BCUT2D eigenvalue weighted by molar-refractivity contribution is -0.384. The number of nitrogens with one attached hydrogen (secondary N) is 2. The van der Waals surface area contributed by atoms with Crippen LogP contribution in [0.1, 0.15) is 19.4 Å². The number of hydrogen-bond acceptors (Lipinski definition) is 3. The average Bonchev–Trinajstić information content (AvgIpc) is 2.48. The highest BCUT2D eigenvalue weighted by molar-refractivity contribution is 6.32. The molecule has 0 aliphatic carbocycles. The van der Waals surface area contributed by atoms with Crippen molar-refractivity contribution in [3.8, 4) is 0 Å². The third-order valence-corrected chi connectivity index (χ3v) is 3.71. The summed E-state index contributed by atoms with van der Waals surface area (Å²) in [5.74, 6) is -0.368. The number of nitro groups is 1. The minimum Gasteiger partial charge on any atom is -0.329 e. The van der Waals surface area contributed by atoms with Crippen molar-refractivity contribution in [2.45, 2.75) is 19.4 Å². The molecular formula is C16H15ClFN3O3. The third kappa shape index (κ3) is 4.20. The number of carbonyl (C=O) groups excluding carboxylic acids is 1. The van der Waals surface area contributed by atoms with Crippen LogP contribution >= 0.6 is 11.6 Å². The fourth-order valence-corrected chi connectivity index (χ4v) is 2.30. The lowest BCUT2D eigenvalue weighted by Crippen LogP contribution is -2.43. The highest BCUT2D eigenvalue weighted by Gasteiger charge is 2.23. The van der Waals surface area contributed by atoms with Crippen molar-refractivity contribution in [3.63, 3.8) is 0 Å². The number of nitrogens with zero attached hydrogens (tertiary/aromatic N) is 1. The summed E-state index contributed by atoms with van der Waals surface area (Å²) in [4.78, 5) is 22.4. The highest BCUT2D eigenvalue weighted by atomic mass is 35.5. The number of anilines is 1. The van der Waals surface area contributed by atoms with Crippen LogP contribution in [0.2, 0.25) is 5.02 Å². The monoisotopic (exact) mass is 351 g/mol. The fraction of sp³-hybridized carbons (Fsp3) is 0.188. The van der Waals surface area contributed by atoms with Crippen LogP contribution in [-0.4, -0.2) is 11.0 Å². The van der Waals surface area contributed by atoms with Gasteiger partial charge in [0.2, 0.25) is 0 Å². The average molecular weight is 352 g/mol. The van der Waals surface area contributed by atoms with Crippen molar-refractivity contribution >= 4 is 29.0 Å². The maximum atomic E-state index is 13.0. The van der Waals surface area contributed by atoms with E-state index in [0.717, 1.165) is 0 Å². The Balaban J connectivity index is 2.11. The Morgan fingerprint density at radius 3 is 2.42 bits per heavy atom. The van der Waals surface area contributed by atoms with Crippen molar-refractivity contribution in [1.29, 1.82) is 0 Å². The standard InChI is InChI=1S/C16H15ClFN3O3/c1-16(2,10-3-5-11(18)6-4-10)20-15(22)19-12-7-8-13(17)14(9-12)21(23)24/h3-9H,1-2H3,(H2,19,20,22). The maximum Gasteiger partial charge on any atom is 0.319 e. The summed E-state index contributed by atoms with van der Waals surface area (Å²) in [6.45, 7) is 3.51. The van der Waals surface area contributed by atoms with Gasteiger partial charge in [0.25, 0.3) is 5.69 Å². The van der Waals surface area contributed by atoms with Crippen LogP contribution in [0.4, 0.5) is 20.6 Å².